The molecule has 296 valence electrons. The molecule has 5 heterocycles. The number of hydrogen-bond acceptors (Lipinski definition) is 3. The largest absolute Gasteiger partial charge is 0.455 e. The SMILES string of the molecule is CC12CCC(C)(CC1)c1cc3c(cc12)oc1c3cc2c3c4c(ncc3n3c5cnc6c(c5c1c23)-c1ccccc1C6(C)C)C(c1ccccc1)(c1ccccc1)c1ccccc1-4. The zero-order chi connectivity index (χ0) is 41.1. The first-order chi connectivity index (χ1) is 30.2. The van der Waals surface area contributed by atoms with Crippen LogP contribution in [0.4, 0.5) is 0 Å². The molecule has 5 aliphatic rings. The van der Waals surface area contributed by atoms with Gasteiger partial charge in [0, 0.05) is 43.5 Å². The molecular weight excluding hydrogens is 755 g/mol. The maximum absolute atomic E-state index is 7.37. The van der Waals surface area contributed by atoms with Crippen LogP contribution in [0.15, 0.2) is 144 Å². The standard InChI is InChI=1S/C58H43N3O/c1-55(2)39-21-13-11-19-34(39)48-49-44(31-59-53(48)55)61-43-30-60-54-47(35-20-12-14-22-40(35)58(54,32-15-7-5-8-16-32)33-17-9-6-10-18-33)46(43)38-27-37-36-28-41-42(57(4)25-23-56(41,3)24-26-57)29-45(36)62-52(37)50(49)51(38)61/h5-22,27-31H,23-26H2,1-4H3. The molecule has 6 aromatic carbocycles. The van der Waals surface area contributed by atoms with Gasteiger partial charge in [-0.1, -0.05) is 137 Å². The van der Waals surface area contributed by atoms with Crippen LogP contribution < -0.4 is 0 Å². The third-order valence-electron chi connectivity index (χ3n) is 16.8. The molecule has 0 spiro atoms. The normalized spacial score (nSPS) is 21.4. The Bertz CT molecular complexity index is 3760. The maximum Gasteiger partial charge on any atom is 0.145 e. The van der Waals surface area contributed by atoms with E-state index in [0.717, 1.165) is 33.6 Å². The van der Waals surface area contributed by atoms with Crippen molar-refractivity contribution < 1.29 is 4.42 Å². The van der Waals surface area contributed by atoms with Gasteiger partial charge in [-0.15, -0.1) is 0 Å². The number of furan rings is 1. The van der Waals surface area contributed by atoms with Crippen molar-refractivity contribution in [3.8, 4) is 22.3 Å². The summed E-state index contributed by atoms with van der Waals surface area (Å²) in [5.41, 5.74) is 20.1. The van der Waals surface area contributed by atoms with Crippen molar-refractivity contribution >= 4 is 60.0 Å². The van der Waals surface area contributed by atoms with E-state index < -0.39 is 5.41 Å². The van der Waals surface area contributed by atoms with Crippen LogP contribution in [-0.2, 0) is 21.7 Å². The molecule has 0 unspecified atom stereocenters. The van der Waals surface area contributed by atoms with Crippen molar-refractivity contribution in [3.05, 3.63) is 185 Å². The van der Waals surface area contributed by atoms with E-state index in [2.05, 4.69) is 172 Å². The van der Waals surface area contributed by atoms with Gasteiger partial charge in [0.1, 0.15) is 11.2 Å². The zero-order valence-electron chi connectivity index (χ0n) is 35.4. The highest BCUT2D eigenvalue weighted by Gasteiger charge is 2.50. The Hall–Kier alpha value is -6.78. The minimum Gasteiger partial charge on any atom is -0.455 e. The summed E-state index contributed by atoms with van der Waals surface area (Å²) in [6.07, 6.45) is 9.27. The van der Waals surface area contributed by atoms with Crippen LogP contribution in [0.3, 0.4) is 0 Å². The summed E-state index contributed by atoms with van der Waals surface area (Å²) in [6, 6.07) is 47.5. The first kappa shape index (κ1) is 33.9. The highest BCUT2D eigenvalue weighted by Crippen LogP contribution is 2.61. The number of hydrogen-bond donors (Lipinski definition) is 0. The summed E-state index contributed by atoms with van der Waals surface area (Å²) in [4.78, 5) is 11.1. The second kappa shape index (κ2) is 10.8. The lowest BCUT2D eigenvalue weighted by atomic mass is 9.52. The first-order valence-electron chi connectivity index (χ1n) is 22.5. The Morgan fingerprint density at radius 2 is 1.05 bits per heavy atom. The molecule has 16 rings (SSSR count). The number of aromatic nitrogens is 3. The summed E-state index contributed by atoms with van der Waals surface area (Å²) in [5, 5.41) is 7.31. The lowest BCUT2D eigenvalue weighted by Gasteiger charge is -2.52. The van der Waals surface area contributed by atoms with Crippen LogP contribution in [0.1, 0.15) is 98.1 Å². The predicted molar refractivity (Wildman–Crippen MR) is 252 cm³/mol. The second-order valence-corrected chi connectivity index (χ2v) is 20.2. The molecule has 4 nitrogen and oxygen atoms in total. The zero-order valence-corrected chi connectivity index (χ0v) is 35.4. The van der Waals surface area contributed by atoms with Crippen LogP contribution in [-0.4, -0.2) is 14.4 Å². The average molecular weight is 798 g/mol. The highest BCUT2D eigenvalue weighted by molar-refractivity contribution is 6.36. The summed E-state index contributed by atoms with van der Waals surface area (Å²) >= 11 is 0. The number of nitrogens with zero attached hydrogens (tertiary/aromatic N) is 3. The van der Waals surface area contributed by atoms with Crippen LogP contribution in [0.25, 0.3) is 82.3 Å². The molecular formula is C58H43N3O. The molecule has 0 N–H and O–H groups in total. The third kappa shape index (κ3) is 3.66. The molecule has 1 fully saturated rings. The molecule has 0 radical (unpaired) electrons. The van der Waals surface area contributed by atoms with Gasteiger partial charge in [-0.05, 0) is 99.2 Å². The third-order valence-corrected chi connectivity index (χ3v) is 16.8. The quantitative estimate of drug-likeness (QED) is 0.175. The molecule has 4 heteroatoms. The van der Waals surface area contributed by atoms with E-state index in [1.54, 1.807) is 0 Å². The Balaban J connectivity index is 1.17. The molecule has 11 aromatic rings. The van der Waals surface area contributed by atoms with E-state index in [4.69, 9.17) is 14.4 Å². The van der Waals surface area contributed by atoms with Gasteiger partial charge in [0.15, 0.2) is 0 Å². The summed E-state index contributed by atoms with van der Waals surface area (Å²) in [7, 11) is 0. The van der Waals surface area contributed by atoms with Gasteiger partial charge in [0.25, 0.3) is 0 Å². The monoisotopic (exact) mass is 797 g/mol. The van der Waals surface area contributed by atoms with E-state index >= 15 is 0 Å². The number of fused-ring (bicyclic) bond motifs is 20. The van der Waals surface area contributed by atoms with Crippen molar-refractivity contribution in [1.82, 2.24) is 14.4 Å². The van der Waals surface area contributed by atoms with Gasteiger partial charge in [-0.3, -0.25) is 9.97 Å². The molecule has 0 aliphatic heterocycles. The topological polar surface area (TPSA) is 43.3 Å². The van der Waals surface area contributed by atoms with E-state index in [1.165, 1.54) is 119 Å². The molecule has 0 amide bonds. The van der Waals surface area contributed by atoms with Gasteiger partial charge in [0.05, 0.1) is 51.1 Å². The minimum absolute atomic E-state index is 0.185. The number of pyridine rings is 2. The maximum atomic E-state index is 7.37. The predicted octanol–water partition coefficient (Wildman–Crippen LogP) is 14.3. The number of benzene rings is 6. The molecule has 1 saturated carbocycles. The van der Waals surface area contributed by atoms with E-state index in [1.807, 2.05) is 0 Å². The molecule has 0 saturated heterocycles. The van der Waals surface area contributed by atoms with Crippen LogP contribution >= 0.6 is 0 Å². The lowest BCUT2D eigenvalue weighted by Crippen LogP contribution is -2.44. The van der Waals surface area contributed by atoms with Crippen molar-refractivity contribution in [2.45, 2.75) is 75.0 Å². The second-order valence-electron chi connectivity index (χ2n) is 20.2. The highest BCUT2D eigenvalue weighted by atomic mass is 16.3. The van der Waals surface area contributed by atoms with Gasteiger partial charge >= 0.3 is 0 Å². The molecule has 2 bridgehead atoms. The van der Waals surface area contributed by atoms with Crippen molar-refractivity contribution in [2.75, 3.05) is 0 Å². The lowest BCUT2D eigenvalue weighted by molar-refractivity contribution is 0.188. The number of rotatable bonds is 2. The van der Waals surface area contributed by atoms with Crippen molar-refractivity contribution in [3.63, 3.8) is 0 Å². The Kier molecular flexibility index (Phi) is 5.90. The van der Waals surface area contributed by atoms with Gasteiger partial charge in [0.2, 0.25) is 0 Å². The smallest absolute Gasteiger partial charge is 0.145 e. The minimum atomic E-state index is -0.601. The van der Waals surface area contributed by atoms with Crippen LogP contribution in [0.2, 0.25) is 0 Å². The fourth-order valence-electron chi connectivity index (χ4n) is 13.7. The van der Waals surface area contributed by atoms with Gasteiger partial charge in [-0.25, -0.2) is 0 Å². The van der Waals surface area contributed by atoms with Crippen LogP contribution in [0, 0.1) is 0 Å². The summed E-state index contributed by atoms with van der Waals surface area (Å²) < 4.78 is 9.85. The summed E-state index contributed by atoms with van der Waals surface area (Å²) in [5.74, 6) is 0. The van der Waals surface area contributed by atoms with E-state index in [0.29, 0.717) is 0 Å². The van der Waals surface area contributed by atoms with E-state index in [-0.39, 0.29) is 16.2 Å². The fourth-order valence-corrected chi connectivity index (χ4v) is 13.7. The van der Waals surface area contributed by atoms with Gasteiger partial charge < -0.3 is 8.82 Å². The van der Waals surface area contributed by atoms with Gasteiger partial charge in [-0.2, -0.15) is 0 Å². The Morgan fingerprint density at radius 3 is 1.73 bits per heavy atom. The Morgan fingerprint density at radius 1 is 0.500 bits per heavy atom. The van der Waals surface area contributed by atoms with Crippen molar-refractivity contribution in [2.24, 2.45) is 0 Å². The molecule has 0 atom stereocenters. The Labute approximate surface area is 359 Å². The first-order valence-corrected chi connectivity index (χ1v) is 22.5. The molecule has 62 heavy (non-hydrogen) atoms. The fraction of sp³-hybridized carbons (Fsp3) is 0.207. The average Bonchev–Trinajstić information content (AvgIpc) is 4.07. The van der Waals surface area contributed by atoms with Crippen molar-refractivity contribution in [1.29, 1.82) is 0 Å². The molecule has 5 aromatic heterocycles. The molecule has 5 aliphatic carbocycles. The summed E-state index contributed by atoms with van der Waals surface area (Å²) in [6.45, 7) is 9.66. The van der Waals surface area contributed by atoms with E-state index in [9.17, 15) is 0 Å². The van der Waals surface area contributed by atoms with Crippen LogP contribution in [0.5, 0.6) is 0 Å².